The first-order valence-corrected chi connectivity index (χ1v) is 21.5. The summed E-state index contributed by atoms with van der Waals surface area (Å²) < 4.78 is 0. The minimum Gasteiger partial charge on any atom is -0.150 e. The van der Waals surface area contributed by atoms with Gasteiger partial charge in [-0.2, -0.15) is 9.59 Å². The largest absolute Gasteiger partial charge is 0.150 e. The number of aromatic nitrogens is 6. The normalized spacial score (nSPS) is 11.8. The summed E-state index contributed by atoms with van der Waals surface area (Å²) in [5, 5.41) is 20.7. The Morgan fingerprint density at radius 2 is 0.596 bits per heavy atom. The van der Waals surface area contributed by atoms with Crippen LogP contribution in [0.3, 0.4) is 0 Å². The molecule has 5 aromatic rings. The number of hydrogen-bond donors (Lipinski definition) is 0. The Bertz CT molecular complexity index is 1610. The molecule has 282 valence electrons. The molecule has 0 aliphatic carbocycles. The van der Waals surface area contributed by atoms with Gasteiger partial charge in [0, 0.05) is 0 Å². The van der Waals surface area contributed by atoms with Crippen LogP contribution in [0.1, 0.15) is 178 Å². The summed E-state index contributed by atoms with van der Waals surface area (Å²) in [7, 11) is 0. The Labute approximate surface area is 315 Å². The third kappa shape index (κ3) is 10.3. The molecule has 6 heteroatoms. The molecule has 0 atom stereocenters. The van der Waals surface area contributed by atoms with Crippen molar-refractivity contribution in [3.8, 4) is 11.4 Å². The topological polar surface area (TPSA) is 61.4 Å². The second-order valence-corrected chi connectivity index (χ2v) is 15.3. The van der Waals surface area contributed by atoms with Gasteiger partial charge in [-0.3, -0.25) is 0 Å². The highest BCUT2D eigenvalue weighted by atomic mass is 15.5. The molecule has 0 aliphatic rings. The van der Waals surface area contributed by atoms with Crippen LogP contribution in [0.5, 0.6) is 0 Å². The average Bonchev–Trinajstić information content (AvgIpc) is 3.75. The maximum Gasteiger partial charge on any atom is 0.113 e. The maximum absolute atomic E-state index is 5.19. The smallest absolute Gasteiger partial charge is 0.113 e. The number of fused-ring (bicyclic) bond motifs is 2. The Hall–Kier alpha value is -3.54. The number of hydrogen-bond acceptors (Lipinski definition) is 4. The van der Waals surface area contributed by atoms with Crippen LogP contribution in [0, 0.1) is 0 Å². The Morgan fingerprint density at radius 1 is 0.308 bits per heavy atom. The van der Waals surface area contributed by atoms with Gasteiger partial charge in [0.2, 0.25) is 0 Å². The molecular weight excluding hydrogens is 637 g/mol. The fraction of sp³-hybridized carbons (Fsp3) is 0.609. The molecule has 2 aromatic heterocycles. The van der Waals surface area contributed by atoms with E-state index in [4.69, 9.17) is 20.4 Å². The molecule has 5 rings (SSSR count). The zero-order valence-corrected chi connectivity index (χ0v) is 33.7. The van der Waals surface area contributed by atoms with E-state index in [2.05, 4.69) is 77.9 Å². The standard InChI is InChI=1S/C46H68N6/c1-7-13-15-17-19-21-27-39-33-46(52-49-43-31-37(25-11-5)38(26-12-6)32-44(43)50-52)40(28-22-20-18-16-14-8-2)34-45(39)51-47-41-29-35(23-9-3)36(24-10-4)30-42(41)48-51/h29-34H,7-28H2,1-6H3. The summed E-state index contributed by atoms with van der Waals surface area (Å²) in [6.45, 7) is 13.7. The summed E-state index contributed by atoms with van der Waals surface area (Å²) in [5.41, 5.74) is 14.5. The molecule has 0 aliphatic heterocycles. The average molecular weight is 705 g/mol. The van der Waals surface area contributed by atoms with Gasteiger partial charge in [-0.05, 0) is 121 Å². The van der Waals surface area contributed by atoms with Crippen molar-refractivity contribution in [3.63, 3.8) is 0 Å². The highest BCUT2D eigenvalue weighted by Crippen LogP contribution is 2.30. The van der Waals surface area contributed by atoms with Crippen LogP contribution in [0.4, 0.5) is 0 Å². The molecule has 0 bridgehead atoms. The van der Waals surface area contributed by atoms with E-state index >= 15 is 0 Å². The molecular formula is C46H68N6. The van der Waals surface area contributed by atoms with Crippen LogP contribution in [0.25, 0.3) is 33.4 Å². The molecule has 6 nitrogen and oxygen atoms in total. The predicted molar refractivity (Wildman–Crippen MR) is 221 cm³/mol. The van der Waals surface area contributed by atoms with Crippen molar-refractivity contribution >= 4 is 22.1 Å². The van der Waals surface area contributed by atoms with E-state index in [-0.39, 0.29) is 0 Å². The van der Waals surface area contributed by atoms with E-state index in [1.165, 1.54) is 97.6 Å². The number of nitrogens with zero attached hydrogens (tertiary/aromatic N) is 6. The first-order valence-electron chi connectivity index (χ1n) is 21.5. The molecule has 0 saturated carbocycles. The molecule has 0 N–H and O–H groups in total. The second-order valence-electron chi connectivity index (χ2n) is 15.3. The summed E-state index contributed by atoms with van der Waals surface area (Å²) in [6, 6.07) is 14.0. The van der Waals surface area contributed by atoms with E-state index in [0.717, 1.165) is 110 Å². The van der Waals surface area contributed by atoms with Gasteiger partial charge in [0.15, 0.2) is 0 Å². The third-order valence-corrected chi connectivity index (χ3v) is 10.8. The van der Waals surface area contributed by atoms with Gasteiger partial charge in [0.25, 0.3) is 0 Å². The number of benzene rings is 3. The Morgan fingerprint density at radius 3 is 0.885 bits per heavy atom. The van der Waals surface area contributed by atoms with E-state index in [1.54, 1.807) is 0 Å². The van der Waals surface area contributed by atoms with Gasteiger partial charge in [-0.1, -0.05) is 131 Å². The second kappa shape index (κ2) is 20.6. The van der Waals surface area contributed by atoms with Crippen molar-refractivity contribution in [2.24, 2.45) is 0 Å². The highest BCUT2D eigenvalue weighted by Gasteiger charge is 2.19. The molecule has 0 saturated heterocycles. The van der Waals surface area contributed by atoms with E-state index in [9.17, 15) is 0 Å². The minimum absolute atomic E-state index is 0.994. The summed E-state index contributed by atoms with van der Waals surface area (Å²) in [6.07, 6.45) is 26.1. The van der Waals surface area contributed by atoms with Crippen molar-refractivity contribution in [1.82, 2.24) is 30.0 Å². The number of unbranched alkanes of at least 4 members (excludes halogenated alkanes) is 10. The van der Waals surface area contributed by atoms with Crippen LogP contribution in [-0.2, 0) is 38.5 Å². The molecule has 3 aromatic carbocycles. The lowest BCUT2D eigenvalue weighted by Crippen LogP contribution is -2.10. The molecule has 0 amide bonds. The zero-order chi connectivity index (χ0) is 36.7. The predicted octanol–water partition coefficient (Wildman–Crippen LogP) is 12.8. The van der Waals surface area contributed by atoms with Crippen molar-refractivity contribution in [1.29, 1.82) is 0 Å². The molecule has 2 heterocycles. The van der Waals surface area contributed by atoms with Crippen LogP contribution in [-0.4, -0.2) is 30.0 Å². The quantitative estimate of drug-likeness (QED) is 0.0600. The van der Waals surface area contributed by atoms with Crippen molar-refractivity contribution in [2.45, 2.75) is 183 Å². The summed E-state index contributed by atoms with van der Waals surface area (Å²) in [5.74, 6) is 0. The fourth-order valence-electron chi connectivity index (χ4n) is 7.95. The molecule has 0 radical (unpaired) electrons. The van der Waals surface area contributed by atoms with Gasteiger partial charge in [0.1, 0.15) is 22.1 Å². The van der Waals surface area contributed by atoms with Crippen LogP contribution in [0.15, 0.2) is 36.4 Å². The minimum atomic E-state index is 0.994. The van der Waals surface area contributed by atoms with Crippen LogP contribution >= 0.6 is 0 Å². The fourth-order valence-corrected chi connectivity index (χ4v) is 7.95. The lowest BCUT2D eigenvalue weighted by molar-refractivity contribution is 0.602. The highest BCUT2D eigenvalue weighted by molar-refractivity contribution is 5.77. The molecule has 0 spiro atoms. The van der Waals surface area contributed by atoms with Gasteiger partial charge in [-0.25, -0.2) is 0 Å². The number of aryl methyl sites for hydroxylation is 6. The molecule has 52 heavy (non-hydrogen) atoms. The van der Waals surface area contributed by atoms with Gasteiger partial charge >= 0.3 is 0 Å². The zero-order valence-electron chi connectivity index (χ0n) is 33.7. The molecule has 0 unspecified atom stereocenters. The van der Waals surface area contributed by atoms with E-state index in [1.807, 2.05) is 9.59 Å². The monoisotopic (exact) mass is 705 g/mol. The van der Waals surface area contributed by atoms with Crippen LogP contribution < -0.4 is 0 Å². The summed E-state index contributed by atoms with van der Waals surface area (Å²) >= 11 is 0. The van der Waals surface area contributed by atoms with Gasteiger partial charge in [-0.15, -0.1) is 20.4 Å². The first-order chi connectivity index (χ1) is 25.5. The third-order valence-electron chi connectivity index (χ3n) is 10.8. The van der Waals surface area contributed by atoms with Crippen molar-refractivity contribution in [2.75, 3.05) is 0 Å². The molecule has 0 fully saturated rings. The SMILES string of the molecule is CCCCCCCCc1cc(-n2nc3cc(CCC)c(CCC)cc3n2)c(CCCCCCCC)cc1-n1nc2cc(CCC)c(CCC)cc2n1. The Kier molecular flexibility index (Phi) is 15.7. The van der Waals surface area contributed by atoms with Crippen LogP contribution in [0.2, 0.25) is 0 Å². The summed E-state index contributed by atoms with van der Waals surface area (Å²) in [4.78, 5) is 3.91. The van der Waals surface area contributed by atoms with Gasteiger partial charge in [0.05, 0.1) is 11.4 Å². The maximum atomic E-state index is 5.19. The van der Waals surface area contributed by atoms with E-state index < -0.39 is 0 Å². The first kappa shape index (κ1) is 39.7. The van der Waals surface area contributed by atoms with Crippen molar-refractivity contribution < 1.29 is 0 Å². The lowest BCUT2D eigenvalue weighted by atomic mass is 9.97. The lowest BCUT2D eigenvalue weighted by Gasteiger charge is -2.16. The Balaban J connectivity index is 1.60. The number of rotatable bonds is 24. The van der Waals surface area contributed by atoms with Crippen molar-refractivity contribution in [3.05, 3.63) is 69.8 Å². The van der Waals surface area contributed by atoms with E-state index in [0.29, 0.717) is 0 Å². The van der Waals surface area contributed by atoms with Gasteiger partial charge < -0.3 is 0 Å².